The molecule has 0 aliphatic carbocycles. The van der Waals surface area contributed by atoms with E-state index in [0.29, 0.717) is 12.4 Å². The monoisotopic (exact) mass is 446 g/mol. The molecule has 9 heteroatoms. The number of rotatable bonds is 11. The lowest BCUT2D eigenvalue weighted by molar-refractivity contribution is -0.145. The summed E-state index contributed by atoms with van der Waals surface area (Å²) in [6.45, 7) is 1.49. The highest BCUT2D eigenvalue weighted by Gasteiger charge is 2.40. The molecule has 1 aliphatic heterocycles. The minimum Gasteiger partial charge on any atom is -0.495 e. The first-order chi connectivity index (χ1) is 15.5. The highest BCUT2D eigenvalue weighted by molar-refractivity contribution is 5.66. The van der Waals surface area contributed by atoms with Crippen LogP contribution in [0.1, 0.15) is 25.7 Å². The number of methoxy groups -OCH3 is 1. The molecule has 176 valence electrons. The van der Waals surface area contributed by atoms with Gasteiger partial charge in [-0.2, -0.15) is 0 Å². The number of likely N-dealkylation sites (tertiary alicyclic amines) is 1. The number of aliphatic hydroxyl groups is 4. The van der Waals surface area contributed by atoms with Crippen LogP contribution in [0.4, 0.5) is 5.69 Å². The summed E-state index contributed by atoms with van der Waals surface area (Å²) in [5, 5.41) is 42.6. The molecular weight excluding hydrogens is 412 g/mol. The molecule has 5 N–H and O–H groups in total. The second-order valence-electron chi connectivity index (χ2n) is 8.12. The summed E-state index contributed by atoms with van der Waals surface area (Å²) in [5.41, 5.74) is 1.82. The fourth-order valence-corrected chi connectivity index (χ4v) is 4.08. The van der Waals surface area contributed by atoms with Crippen LogP contribution in [0.3, 0.4) is 0 Å². The summed E-state index contributed by atoms with van der Waals surface area (Å²) in [4.78, 5) is 10.4. The molecule has 1 aromatic carbocycles. The van der Waals surface area contributed by atoms with Gasteiger partial charge in [0, 0.05) is 31.0 Å². The summed E-state index contributed by atoms with van der Waals surface area (Å²) in [5.74, 6) is 1.40. The molecule has 3 rings (SSSR count). The van der Waals surface area contributed by atoms with E-state index in [2.05, 4.69) is 15.3 Å². The first-order valence-corrected chi connectivity index (χ1v) is 11.1. The summed E-state index contributed by atoms with van der Waals surface area (Å²) < 4.78 is 5.51. The molecule has 0 spiro atoms. The Morgan fingerprint density at radius 2 is 1.81 bits per heavy atom. The SMILES string of the molecule is COc1cc(-c2ncccn2)ccc1NCCCCCCN1C[C@H](O)[C@@H](O)[C@H](O)[C@H]1CO. The topological polar surface area (TPSA) is 131 Å². The minimum atomic E-state index is -1.21. The number of nitrogens with zero attached hydrogens (tertiary/aromatic N) is 3. The number of nitrogens with one attached hydrogen (secondary N) is 1. The Kier molecular flexibility index (Phi) is 9.19. The van der Waals surface area contributed by atoms with E-state index in [-0.39, 0.29) is 13.2 Å². The van der Waals surface area contributed by atoms with Gasteiger partial charge in [-0.1, -0.05) is 12.8 Å². The molecule has 2 heterocycles. The van der Waals surface area contributed by atoms with Crippen molar-refractivity contribution in [2.24, 2.45) is 0 Å². The number of ether oxygens (including phenoxy) is 1. The third kappa shape index (κ3) is 6.14. The molecule has 0 amide bonds. The maximum atomic E-state index is 10.0. The van der Waals surface area contributed by atoms with Gasteiger partial charge in [0.25, 0.3) is 0 Å². The predicted octanol–water partition coefficient (Wildman–Crippen LogP) is 0.884. The first kappa shape index (κ1) is 24.3. The minimum absolute atomic E-state index is 0.244. The maximum absolute atomic E-state index is 10.0. The Morgan fingerprint density at radius 1 is 1.06 bits per heavy atom. The van der Waals surface area contributed by atoms with Crippen molar-refractivity contribution in [1.29, 1.82) is 0 Å². The summed E-state index contributed by atoms with van der Waals surface area (Å²) in [6, 6.07) is 7.11. The largest absolute Gasteiger partial charge is 0.495 e. The molecular formula is C23H34N4O5. The normalized spacial score (nSPS) is 23.8. The Bertz CT molecular complexity index is 825. The fraction of sp³-hybridized carbons (Fsp3) is 0.565. The number of benzene rings is 1. The molecule has 1 aromatic heterocycles. The Balaban J connectivity index is 1.38. The Morgan fingerprint density at radius 3 is 2.53 bits per heavy atom. The van der Waals surface area contributed by atoms with E-state index < -0.39 is 24.4 Å². The van der Waals surface area contributed by atoms with Gasteiger partial charge in [-0.15, -0.1) is 0 Å². The number of β-amino-alcohol motifs (C(OH)–C–C–N with tert-alkyl or cyclic N) is 1. The summed E-state index contributed by atoms with van der Waals surface area (Å²) in [6.07, 6.45) is 3.98. The van der Waals surface area contributed by atoms with Crippen molar-refractivity contribution in [3.8, 4) is 17.1 Å². The van der Waals surface area contributed by atoms with Gasteiger partial charge in [-0.25, -0.2) is 9.97 Å². The molecule has 2 aromatic rings. The van der Waals surface area contributed by atoms with E-state index >= 15 is 0 Å². The van der Waals surface area contributed by atoms with Gasteiger partial charge < -0.3 is 30.5 Å². The van der Waals surface area contributed by atoms with Crippen molar-refractivity contribution in [3.63, 3.8) is 0 Å². The Labute approximate surface area is 188 Å². The molecule has 1 aliphatic rings. The molecule has 1 fully saturated rings. The molecule has 1 saturated heterocycles. The van der Waals surface area contributed by atoms with Crippen LogP contribution in [-0.4, -0.2) is 93.0 Å². The lowest BCUT2D eigenvalue weighted by Gasteiger charge is -2.43. The van der Waals surface area contributed by atoms with Gasteiger partial charge in [0.2, 0.25) is 0 Å². The van der Waals surface area contributed by atoms with Gasteiger partial charge in [0.15, 0.2) is 5.82 Å². The summed E-state index contributed by atoms with van der Waals surface area (Å²) in [7, 11) is 1.64. The van der Waals surface area contributed by atoms with Crippen molar-refractivity contribution in [2.75, 3.05) is 38.7 Å². The van der Waals surface area contributed by atoms with Crippen LogP contribution in [0, 0.1) is 0 Å². The van der Waals surface area contributed by atoms with Crippen LogP contribution in [0.2, 0.25) is 0 Å². The van der Waals surface area contributed by atoms with E-state index in [9.17, 15) is 20.4 Å². The molecule has 0 unspecified atom stereocenters. The quantitative estimate of drug-likeness (QED) is 0.319. The van der Waals surface area contributed by atoms with E-state index in [1.54, 1.807) is 25.6 Å². The smallest absolute Gasteiger partial charge is 0.159 e. The molecule has 0 bridgehead atoms. The van der Waals surface area contributed by atoms with Crippen molar-refractivity contribution < 1.29 is 25.2 Å². The lowest BCUT2D eigenvalue weighted by Crippen LogP contribution is -2.62. The molecule has 4 atom stereocenters. The van der Waals surface area contributed by atoms with Crippen LogP contribution in [0.5, 0.6) is 5.75 Å². The van der Waals surface area contributed by atoms with Gasteiger partial charge in [0.1, 0.15) is 18.0 Å². The third-order valence-corrected chi connectivity index (χ3v) is 5.93. The van der Waals surface area contributed by atoms with Gasteiger partial charge in [-0.05, 0) is 43.7 Å². The molecule has 0 saturated carbocycles. The number of aliphatic hydroxyl groups excluding tert-OH is 4. The van der Waals surface area contributed by atoms with E-state index in [4.69, 9.17) is 4.74 Å². The molecule has 32 heavy (non-hydrogen) atoms. The van der Waals surface area contributed by atoms with Crippen LogP contribution < -0.4 is 10.1 Å². The second-order valence-corrected chi connectivity index (χ2v) is 8.12. The van der Waals surface area contributed by atoms with Crippen molar-refractivity contribution in [2.45, 2.75) is 50.0 Å². The standard InChI is InChI=1S/C23H34N4O5/c1-32-20-13-16(23-25-10-6-11-26-23)7-8-17(20)24-9-4-2-3-5-12-27-14-19(29)22(31)21(30)18(27)15-28/h6-8,10-11,13,18-19,21-22,24,28-31H,2-5,9,12,14-15H2,1H3/t18-,19+,21-,22-/m1/s1. The van der Waals surface area contributed by atoms with Gasteiger partial charge >= 0.3 is 0 Å². The van der Waals surface area contributed by atoms with E-state index in [1.807, 2.05) is 23.1 Å². The van der Waals surface area contributed by atoms with E-state index in [0.717, 1.165) is 49.2 Å². The van der Waals surface area contributed by atoms with Crippen LogP contribution in [0.25, 0.3) is 11.4 Å². The number of hydrogen-bond donors (Lipinski definition) is 5. The zero-order valence-corrected chi connectivity index (χ0v) is 18.5. The number of anilines is 1. The highest BCUT2D eigenvalue weighted by atomic mass is 16.5. The maximum Gasteiger partial charge on any atom is 0.159 e. The van der Waals surface area contributed by atoms with Crippen molar-refractivity contribution in [3.05, 3.63) is 36.7 Å². The number of piperidine rings is 1. The van der Waals surface area contributed by atoms with E-state index in [1.165, 1.54) is 0 Å². The highest BCUT2D eigenvalue weighted by Crippen LogP contribution is 2.29. The average Bonchev–Trinajstić information content (AvgIpc) is 2.82. The van der Waals surface area contributed by atoms with Crippen LogP contribution >= 0.6 is 0 Å². The zero-order chi connectivity index (χ0) is 22.9. The number of aromatic nitrogens is 2. The summed E-state index contributed by atoms with van der Waals surface area (Å²) >= 11 is 0. The zero-order valence-electron chi connectivity index (χ0n) is 18.5. The second kappa shape index (κ2) is 12.1. The Hall–Kier alpha value is -2.30. The first-order valence-electron chi connectivity index (χ1n) is 11.1. The number of unbranched alkanes of at least 4 members (excludes halogenated alkanes) is 3. The molecule has 9 nitrogen and oxygen atoms in total. The fourth-order valence-electron chi connectivity index (χ4n) is 4.08. The number of hydrogen-bond acceptors (Lipinski definition) is 9. The predicted molar refractivity (Wildman–Crippen MR) is 121 cm³/mol. The van der Waals surface area contributed by atoms with Gasteiger partial charge in [-0.3, -0.25) is 4.90 Å². The lowest BCUT2D eigenvalue weighted by atomic mass is 9.94. The van der Waals surface area contributed by atoms with Gasteiger partial charge in [0.05, 0.1) is 31.5 Å². The van der Waals surface area contributed by atoms with Crippen molar-refractivity contribution in [1.82, 2.24) is 14.9 Å². The average molecular weight is 447 g/mol. The van der Waals surface area contributed by atoms with Crippen LogP contribution in [0.15, 0.2) is 36.7 Å². The van der Waals surface area contributed by atoms with Crippen LogP contribution in [-0.2, 0) is 0 Å². The molecule has 0 radical (unpaired) electrons. The van der Waals surface area contributed by atoms with Crippen molar-refractivity contribution >= 4 is 5.69 Å². The third-order valence-electron chi connectivity index (χ3n) is 5.93.